The Bertz CT molecular complexity index is 939. The third-order valence-electron chi connectivity index (χ3n) is 5.91. The number of piperidine rings is 2. The van der Waals surface area contributed by atoms with E-state index in [0.717, 1.165) is 25.0 Å². The van der Waals surface area contributed by atoms with Crippen LogP contribution in [-0.2, 0) is 14.8 Å². The summed E-state index contributed by atoms with van der Waals surface area (Å²) in [5.74, 6) is -0.772. The molecule has 2 fully saturated rings. The first-order valence-electron chi connectivity index (χ1n) is 9.97. The number of benzene rings is 1. The fourth-order valence-electron chi connectivity index (χ4n) is 4.25. The van der Waals surface area contributed by atoms with Crippen LogP contribution in [0.3, 0.4) is 0 Å². The Morgan fingerprint density at radius 3 is 2.45 bits per heavy atom. The van der Waals surface area contributed by atoms with Crippen molar-refractivity contribution in [2.24, 2.45) is 5.92 Å². The van der Waals surface area contributed by atoms with Crippen molar-refractivity contribution in [3.8, 4) is 0 Å². The van der Waals surface area contributed by atoms with Gasteiger partial charge in [0.1, 0.15) is 5.82 Å². The van der Waals surface area contributed by atoms with Gasteiger partial charge in [-0.1, -0.05) is 0 Å². The molecule has 0 radical (unpaired) electrons. The molecule has 1 atom stereocenters. The molecular formula is C20H25FN4O3S. The number of carbonyl (C=O) groups is 1. The van der Waals surface area contributed by atoms with Gasteiger partial charge in [-0.15, -0.1) is 0 Å². The summed E-state index contributed by atoms with van der Waals surface area (Å²) in [5, 5.41) is 0. The Morgan fingerprint density at radius 1 is 1.07 bits per heavy atom. The van der Waals surface area contributed by atoms with Gasteiger partial charge in [0.2, 0.25) is 15.9 Å². The zero-order chi connectivity index (χ0) is 20.4. The van der Waals surface area contributed by atoms with Crippen molar-refractivity contribution >= 4 is 15.9 Å². The summed E-state index contributed by atoms with van der Waals surface area (Å²) in [6.07, 6.45) is 8.58. The number of nitrogens with zero attached hydrogens (tertiary/aromatic N) is 4. The number of amides is 1. The zero-order valence-corrected chi connectivity index (χ0v) is 17.0. The number of hydrogen-bond donors (Lipinski definition) is 0. The molecule has 7 nitrogen and oxygen atoms in total. The lowest BCUT2D eigenvalue weighted by Crippen LogP contribution is -2.48. The fourth-order valence-corrected chi connectivity index (χ4v) is 5.77. The Balaban J connectivity index is 1.39. The monoisotopic (exact) mass is 420 g/mol. The molecule has 2 saturated heterocycles. The van der Waals surface area contributed by atoms with E-state index in [0.29, 0.717) is 38.5 Å². The topological polar surface area (TPSA) is 75.5 Å². The van der Waals surface area contributed by atoms with Crippen LogP contribution in [-0.4, -0.2) is 59.3 Å². The van der Waals surface area contributed by atoms with E-state index in [1.807, 2.05) is 17.4 Å². The van der Waals surface area contributed by atoms with E-state index < -0.39 is 15.8 Å². The van der Waals surface area contributed by atoms with E-state index in [2.05, 4.69) is 9.55 Å². The standard InChI is InChI=1S/C20H25FN4O3S/c21-17-3-5-19(6-4-17)29(27,28)25-10-1-2-16(14-25)20(26)23-11-7-18(8-12-23)24-13-9-22-15-24/h3-6,9,13,15-16,18H,1-2,7-8,10-12,14H2. The van der Waals surface area contributed by atoms with E-state index in [9.17, 15) is 17.6 Å². The van der Waals surface area contributed by atoms with Gasteiger partial charge < -0.3 is 9.47 Å². The Morgan fingerprint density at radius 2 is 1.79 bits per heavy atom. The molecule has 1 amide bonds. The van der Waals surface area contributed by atoms with Crippen molar-refractivity contribution in [2.75, 3.05) is 26.2 Å². The van der Waals surface area contributed by atoms with Gasteiger partial charge in [-0.05, 0) is 49.9 Å². The number of hydrogen-bond acceptors (Lipinski definition) is 4. The predicted octanol–water partition coefficient (Wildman–Crippen LogP) is 2.29. The molecule has 3 heterocycles. The number of sulfonamides is 1. The van der Waals surface area contributed by atoms with E-state index in [1.54, 1.807) is 6.20 Å². The second-order valence-electron chi connectivity index (χ2n) is 7.72. The number of carbonyl (C=O) groups excluding carboxylic acids is 1. The minimum Gasteiger partial charge on any atom is -0.342 e. The maximum absolute atomic E-state index is 13.1. The minimum atomic E-state index is -3.73. The minimum absolute atomic E-state index is 0.0353. The van der Waals surface area contributed by atoms with Gasteiger partial charge >= 0.3 is 0 Å². The van der Waals surface area contributed by atoms with Crippen LogP contribution in [0.4, 0.5) is 4.39 Å². The molecule has 0 spiro atoms. The fraction of sp³-hybridized carbons (Fsp3) is 0.500. The molecule has 0 N–H and O–H groups in total. The van der Waals surface area contributed by atoms with Crippen LogP contribution in [0.1, 0.15) is 31.7 Å². The summed E-state index contributed by atoms with van der Waals surface area (Å²) in [4.78, 5) is 19.1. The second kappa shape index (κ2) is 8.23. The number of aromatic nitrogens is 2. The molecular weight excluding hydrogens is 395 g/mol. The van der Waals surface area contributed by atoms with Crippen LogP contribution in [0.15, 0.2) is 47.9 Å². The van der Waals surface area contributed by atoms with Crippen molar-refractivity contribution in [2.45, 2.75) is 36.6 Å². The number of imidazole rings is 1. The van der Waals surface area contributed by atoms with Crippen LogP contribution in [0, 0.1) is 11.7 Å². The lowest BCUT2D eigenvalue weighted by molar-refractivity contribution is -0.138. The first-order valence-corrected chi connectivity index (χ1v) is 11.4. The number of likely N-dealkylation sites (tertiary alicyclic amines) is 1. The Kier molecular flexibility index (Phi) is 5.69. The predicted molar refractivity (Wildman–Crippen MR) is 105 cm³/mol. The van der Waals surface area contributed by atoms with Gasteiger partial charge in [-0.2, -0.15) is 4.31 Å². The Labute approximate surface area is 170 Å². The summed E-state index contributed by atoms with van der Waals surface area (Å²) in [7, 11) is -3.73. The summed E-state index contributed by atoms with van der Waals surface area (Å²) >= 11 is 0. The highest BCUT2D eigenvalue weighted by Crippen LogP contribution is 2.28. The first-order chi connectivity index (χ1) is 13.9. The van der Waals surface area contributed by atoms with Crippen molar-refractivity contribution in [3.63, 3.8) is 0 Å². The molecule has 156 valence electrons. The van der Waals surface area contributed by atoms with Gasteiger partial charge in [-0.25, -0.2) is 17.8 Å². The maximum atomic E-state index is 13.1. The third kappa shape index (κ3) is 4.20. The molecule has 29 heavy (non-hydrogen) atoms. The van der Waals surface area contributed by atoms with Crippen LogP contribution >= 0.6 is 0 Å². The SMILES string of the molecule is O=C(C1CCCN(S(=O)(=O)c2ccc(F)cc2)C1)N1CCC(n2ccnc2)CC1. The van der Waals surface area contributed by atoms with Gasteiger partial charge in [0.05, 0.1) is 17.1 Å². The lowest BCUT2D eigenvalue weighted by atomic mass is 9.96. The third-order valence-corrected chi connectivity index (χ3v) is 7.79. The average Bonchev–Trinajstić information content (AvgIpc) is 3.29. The van der Waals surface area contributed by atoms with Crippen LogP contribution in [0.25, 0.3) is 0 Å². The average molecular weight is 421 g/mol. The molecule has 1 aromatic heterocycles. The van der Waals surface area contributed by atoms with Crippen molar-refractivity contribution in [3.05, 3.63) is 48.8 Å². The van der Waals surface area contributed by atoms with Gasteiger partial charge in [0, 0.05) is 44.6 Å². The number of rotatable bonds is 4. The van der Waals surface area contributed by atoms with E-state index in [4.69, 9.17) is 0 Å². The van der Waals surface area contributed by atoms with Crippen LogP contribution in [0.2, 0.25) is 0 Å². The Hall–Kier alpha value is -2.26. The van der Waals surface area contributed by atoms with E-state index in [-0.39, 0.29) is 23.3 Å². The molecule has 0 bridgehead atoms. The van der Waals surface area contributed by atoms with E-state index >= 15 is 0 Å². The smallest absolute Gasteiger partial charge is 0.243 e. The highest BCUT2D eigenvalue weighted by Gasteiger charge is 2.36. The molecule has 2 aliphatic rings. The molecule has 0 saturated carbocycles. The van der Waals surface area contributed by atoms with E-state index in [1.165, 1.54) is 16.4 Å². The van der Waals surface area contributed by atoms with Crippen molar-refractivity contribution < 1.29 is 17.6 Å². The zero-order valence-electron chi connectivity index (χ0n) is 16.2. The van der Waals surface area contributed by atoms with Crippen molar-refractivity contribution in [1.82, 2.24) is 18.8 Å². The van der Waals surface area contributed by atoms with Crippen LogP contribution < -0.4 is 0 Å². The normalized spacial score (nSPS) is 22.0. The van der Waals surface area contributed by atoms with Gasteiger partial charge in [0.25, 0.3) is 0 Å². The molecule has 9 heteroatoms. The molecule has 4 rings (SSSR count). The highest BCUT2D eigenvalue weighted by molar-refractivity contribution is 7.89. The molecule has 2 aromatic rings. The quantitative estimate of drug-likeness (QED) is 0.761. The molecule has 2 aliphatic heterocycles. The lowest BCUT2D eigenvalue weighted by Gasteiger charge is -2.37. The summed E-state index contributed by atoms with van der Waals surface area (Å²) in [6.45, 7) is 1.90. The number of halogens is 1. The van der Waals surface area contributed by atoms with Gasteiger partial charge in [0.15, 0.2) is 0 Å². The van der Waals surface area contributed by atoms with Gasteiger partial charge in [-0.3, -0.25) is 4.79 Å². The highest BCUT2D eigenvalue weighted by atomic mass is 32.2. The summed E-state index contributed by atoms with van der Waals surface area (Å²) in [6, 6.07) is 5.19. The largest absolute Gasteiger partial charge is 0.342 e. The van der Waals surface area contributed by atoms with Crippen molar-refractivity contribution in [1.29, 1.82) is 0 Å². The summed E-state index contributed by atoms with van der Waals surface area (Å²) < 4.78 is 42.4. The molecule has 1 aromatic carbocycles. The maximum Gasteiger partial charge on any atom is 0.243 e. The second-order valence-corrected chi connectivity index (χ2v) is 9.66. The molecule has 1 unspecified atom stereocenters. The van der Waals surface area contributed by atoms with Crippen LogP contribution in [0.5, 0.6) is 0 Å². The molecule has 0 aliphatic carbocycles. The summed E-state index contributed by atoms with van der Waals surface area (Å²) in [5.41, 5.74) is 0. The first kappa shape index (κ1) is 20.0.